The summed E-state index contributed by atoms with van der Waals surface area (Å²) in [7, 11) is 0. The van der Waals surface area contributed by atoms with Gasteiger partial charge in [-0.3, -0.25) is 14.2 Å². The summed E-state index contributed by atoms with van der Waals surface area (Å²) in [6.45, 7) is 8.11. The van der Waals surface area contributed by atoms with Crippen LogP contribution in [0.15, 0.2) is 24.2 Å². The van der Waals surface area contributed by atoms with Crippen molar-refractivity contribution in [1.29, 1.82) is 0 Å². The van der Waals surface area contributed by atoms with Crippen LogP contribution in [0.3, 0.4) is 0 Å². The molecule has 0 aromatic carbocycles. The smallest absolute Gasteiger partial charge is 0.302 e. The van der Waals surface area contributed by atoms with E-state index in [2.05, 4.69) is 24.9 Å². The number of esters is 1. The van der Waals surface area contributed by atoms with Gasteiger partial charge in [0.1, 0.15) is 12.4 Å². The number of hydrogen-bond acceptors (Lipinski definition) is 4. The molecule has 5 rings (SSSR count). The summed E-state index contributed by atoms with van der Waals surface area (Å²) in [6, 6.07) is 0. The molecule has 1 aromatic heterocycles. The molecule has 0 amide bonds. The van der Waals surface area contributed by atoms with Crippen LogP contribution in [0.2, 0.25) is 0 Å². The van der Waals surface area contributed by atoms with Crippen LogP contribution in [0.4, 0.5) is 0 Å². The Bertz CT molecular complexity index is 933. The molecule has 0 unspecified atom stereocenters. The molecule has 0 spiro atoms. The number of imidazole rings is 1. The fourth-order valence-corrected chi connectivity index (χ4v) is 8.14. The molecule has 4 aliphatic carbocycles. The van der Waals surface area contributed by atoms with Gasteiger partial charge in [-0.25, -0.2) is 4.98 Å². The van der Waals surface area contributed by atoms with E-state index in [9.17, 15) is 9.59 Å². The van der Waals surface area contributed by atoms with E-state index in [1.807, 2.05) is 6.20 Å². The van der Waals surface area contributed by atoms with E-state index in [0.717, 1.165) is 49.1 Å². The van der Waals surface area contributed by atoms with Crippen LogP contribution in [0.5, 0.6) is 0 Å². The molecule has 1 heterocycles. The number of aromatic nitrogens is 2. The van der Waals surface area contributed by atoms with Gasteiger partial charge in [-0.15, -0.1) is 0 Å². The maximum absolute atomic E-state index is 11.8. The van der Waals surface area contributed by atoms with Gasteiger partial charge in [-0.1, -0.05) is 25.5 Å². The Hall–Kier alpha value is -1.91. The second-order valence-corrected chi connectivity index (χ2v) is 11.1. The lowest BCUT2D eigenvalue weighted by Gasteiger charge is -2.58. The minimum absolute atomic E-state index is 0.0318. The Labute approximate surface area is 185 Å². The standard InChI is InChI=1S/C26H36N2O3/c1-16(29)28-14-24(27-15-28)23-8-7-21-20-6-5-18-13-19(31-17(2)30)9-11-25(18,3)22(20)10-12-26(21,23)4/h5,14-15,19-23H,6-13H2,1-4H3/t19-,20-,21-,22-,23+,25-,26-/m0/s1. The number of hydrogen-bond donors (Lipinski definition) is 0. The highest BCUT2D eigenvalue weighted by atomic mass is 16.5. The third-order valence-electron chi connectivity index (χ3n) is 9.71. The Balaban J connectivity index is 1.39. The van der Waals surface area contributed by atoms with Gasteiger partial charge in [-0.05, 0) is 73.5 Å². The molecule has 0 aliphatic heterocycles. The fraction of sp³-hybridized carbons (Fsp3) is 0.731. The van der Waals surface area contributed by atoms with Crippen molar-refractivity contribution in [2.24, 2.45) is 28.6 Å². The summed E-state index contributed by atoms with van der Waals surface area (Å²) in [6.07, 6.45) is 15.4. The number of rotatable bonds is 2. The molecule has 168 valence electrons. The summed E-state index contributed by atoms with van der Waals surface area (Å²) in [4.78, 5) is 27.9. The quantitative estimate of drug-likeness (QED) is 0.463. The van der Waals surface area contributed by atoms with Crippen LogP contribution >= 0.6 is 0 Å². The lowest BCUT2D eigenvalue weighted by molar-refractivity contribution is -0.148. The van der Waals surface area contributed by atoms with Gasteiger partial charge >= 0.3 is 5.97 Å². The number of carbonyl (C=O) groups is 2. The van der Waals surface area contributed by atoms with Gasteiger partial charge in [0.05, 0.1) is 5.69 Å². The summed E-state index contributed by atoms with van der Waals surface area (Å²) in [5.41, 5.74) is 3.19. The fourth-order valence-electron chi connectivity index (χ4n) is 8.14. The second kappa shape index (κ2) is 7.31. The third kappa shape index (κ3) is 3.22. The summed E-state index contributed by atoms with van der Waals surface area (Å²) < 4.78 is 7.21. The molecule has 5 heteroatoms. The van der Waals surface area contributed by atoms with Crippen molar-refractivity contribution < 1.29 is 14.3 Å². The van der Waals surface area contributed by atoms with Crippen LogP contribution < -0.4 is 0 Å². The van der Waals surface area contributed by atoms with Gasteiger partial charge in [0.15, 0.2) is 0 Å². The highest BCUT2D eigenvalue weighted by molar-refractivity contribution is 5.75. The average Bonchev–Trinajstić information content (AvgIpc) is 3.32. The molecule has 31 heavy (non-hydrogen) atoms. The first-order valence-electron chi connectivity index (χ1n) is 12.1. The van der Waals surface area contributed by atoms with Crippen molar-refractivity contribution in [2.45, 2.75) is 91.1 Å². The maximum Gasteiger partial charge on any atom is 0.302 e. The van der Waals surface area contributed by atoms with Gasteiger partial charge < -0.3 is 4.74 Å². The average molecular weight is 425 g/mol. The monoisotopic (exact) mass is 424 g/mol. The first-order chi connectivity index (χ1) is 14.7. The molecule has 3 fully saturated rings. The van der Waals surface area contributed by atoms with Crippen LogP contribution in [0.1, 0.15) is 95.5 Å². The summed E-state index contributed by atoms with van der Waals surface area (Å²) in [5.74, 6) is 2.52. The van der Waals surface area contributed by atoms with Crippen molar-refractivity contribution in [2.75, 3.05) is 0 Å². The van der Waals surface area contributed by atoms with E-state index in [1.165, 1.54) is 32.6 Å². The Morgan fingerprint density at radius 3 is 2.61 bits per heavy atom. The SMILES string of the molecule is CC(=O)O[C@H]1CC[C@@]2(C)C(=CC[C@H]3[C@@H]4CC[C@H](c5cn(C(C)=O)cn5)[C@@]4(C)CC[C@@H]32)C1. The molecule has 0 saturated heterocycles. The largest absolute Gasteiger partial charge is 0.462 e. The Morgan fingerprint density at radius 2 is 1.90 bits per heavy atom. The summed E-state index contributed by atoms with van der Waals surface area (Å²) >= 11 is 0. The molecular formula is C26H36N2O3. The van der Waals surface area contributed by atoms with E-state index in [-0.39, 0.29) is 28.8 Å². The highest BCUT2D eigenvalue weighted by Crippen LogP contribution is 2.67. The van der Waals surface area contributed by atoms with Crippen molar-refractivity contribution in [3.05, 3.63) is 29.9 Å². The molecular weight excluding hydrogens is 388 g/mol. The zero-order valence-corrected chi connectivity index (χ0v) is 19.4. The van der Waals surface area contributed by atoms with E-state index in [4.69, 9.17) is 4.74 Å². The number of ether oxygens (including phenoxy) is 1. The second-order valence-electron chi connectivity index (χ2n) is 11.1. The molecule has 4 aliphatic rings. The Morgan fingerprint density at radius 1 is 1.10 bits per heavy atom. The Kier molecular flexibility index (Phi) is 4.95. The third-order valence-corrected chi connectivity index (χ3v) is 9.71. The van der Waals surface area contributed by atoms with Crippen LogP contribution in [0.25, 0.3) is 0 Å². The molecule has 0 N–H and O–H groups in total. The zero-order valence-electron chi connectivity index (χ0n) is 19.4. The first-order valence-corrected chi connectivity index (χ1v) is 12.1. The number of nitrogens with zero attached hydrogens (tertiary/aromatic N) is 2. The highest BCUT2D eigenvalue weighted by Gasteiger charge is 2.59. The van der Waals surface area contributed by atoms with Crippen molar-refractivity contribution in [3.8, 4) is 0 Å². The van der Waals surface area contributed by atoms with Gasteiger partial charge in [0.25, 0.3) is 0 Å². The molecule has 5 nitrogen and oxygen atoms in total. The number of allylic oxidation sites excluding steroid dienone is 1. The van der Waals surface area contributed by atoms with Crippen molar-refractivity contribution in [1.82, 2.24) is 9.55 Å². The number of carbonyl (C=O) groups excluding carboxylic acids is 2. The maximum atomic E-state index is 11.8. The van der Waals surface area contributed by atoms with E-state index < -0.39 is 0 Å². The molecule has 1 aromatic rings. The minimum Gasteiger partial charge on any atom is -0.462 e. The molecule has 0 radical (unpaired) electrons. The van der Waals surface area contributed by atoms with E-state index in [1.54, 1.807) is 23.4 Å². The van der Waals surface area contributed by atoms with Crippen LogP contribution in [-0.2, 0) is 9.53 Å². The van der Waals surface area contributed by atoms with Crippen LogP contribution in [0, 0.1) is 28.6 Å². The number of fused-ring (bicyclic) bond motifs is 5. The first kappa shape index (κ1) is 21.0. The van der Waals surface area contributed by atoms with E-state index >= 15 is 0 Å². The van der Waals surface area contributed by atoms with Gasteiger partial charge in [-0.2, -0.15) is 0 Å². The van der Waals surface area contributed by atoms with Crippen molar-refractivity contribution >= 4 is 11.9 Å². The predicted molar refractivity (Wildman–Crippen MR) is 119 cm³/mol. The predicted octanol–water partition coefficient (Wildman–Crippen LogP) is 5.52. The minimum atomic E-state index is -0.152. The van der Waals surface area contributed by atoms with Crippen LogP contribution in [-0.4, -0.2) is 27.5 Å². The van der Waals surface area contributed by atoms with E-state index in [0.29, 0.717) is 5.92 Å². The summed E-state index contributed by atoms with van der Waals surface area (Å²) in [5, 5.41) is 0. The lowest BCUT2D eigenvalue weighted by atomic mass is 9.47. The lowest BCUT2D eigenvalue weighted by Crippen LogP contribution is -2.50. The molecule has 3 saturated carbocycles. The zero-order chi connectivity index (χ0) is 22.0. The molecule has 7 atom stereocenters. The molecule has 0 bridgehead atoms. The normalized spacial score (nSPS) is 41.5. The topological polar surface area (TPSA) is 61.2 Å². The van der Waals surface area contributed by atoms with Crippen molar-refractivity contribution in [3.63, 3.8) is 0 Å². The van der Waals surface area contributed by atoms with Gasteiger partial charge in [0.2, 0.25) is 5.91 Å². The van der Waals surface area contributed by atoms with Gasteiger partial charge in [0, 0.05) is 32.4 Å².